The second kappa shape index (κ2) is 8.49. The number of hydrogen-bond donors (Lipinski definition) is 0. The van der Waals surface area contributed by atoms with Crippen LogP contribution in [-0.4, -0.2) is 21.4 Å². The van der Waals surface area contributed by atoms with Crippen LogP contribution in [0.3, 0.4) is 0 Å². The molecule has 0 saturated heterocycles. The third kappa shape index (κ3) is 3.98. The number of carbonyl (C=O) groups excluding carboxylic acids is 1. The fourth-order valence-corrected chi connectivity index (χ4v) is 4.65. The van der Waals surface area contributed by atoms with Crippen LogP contribution in [0, 0.1) is 0 Å². The van der Waals surface area contributed by atoms with Crippen molar-refractivity contribution in [3.05, 3.63) is 99.9 Å². The number of ether oxygens (including phenoxy) is 1. The van der Waals surface area contributed by atoms with Gasteiger partial charge in [0.05, 0.1) is 17.7 Å². The summed E-state index contributed by atoms with van der Waals surface area (Å²) in [5.41, 5.74) is -1.06. The lowest BCUT2D eigenvalue weighted by atomic mass is 10.1. The van der Waals surface area contributed by atoms with Crippen molar-refractivity contribution in [2.45, 2.75) is 4.90 Å². The molecule has 0 bridgehead atoms. The Hall–Kier alpha value is -3.62. The number of methoxy groups -OCH3 is 1. The van der Waals surface area contributed by atoms with Crippen molar-refractivity contribution in [1.82, 2.24) is 0 Å². The molecule has 3 aromatic carbocycles. The van der Waals surface area contributed by atoms with Gasteiger partial charge in [-0.1, -0.05) is 29.8 Å². The maximum Gasteiger partial charge on any atom is 0.349 e. The quantitative estimate of drug-likeness (QED) is 0.400. The molecule has 1 heterocycles. The van der Waals surface area contributed by atoms with Gasteiger partial charge in [-0.05, 0) is 60.7 Å². The molecule has 0 atom stereocenters. The average Bonchev–Trinajstić information content (AvgIpc) is 2.79. The number of fused-ring (bicyclic) bond motifs is 1. The molecule has 0 saturated carbocycles. The summed E-state index contributed by atoms with van der Waals surface area (Å²) in [6.45, 7) is 0. The van der Waals surface area contributed by atoms with Crippen LogP contribution in [0.15, 0.2) is 93.0 Å². The molecule has 0 spiro atoms. The fraction of sp³-hybridized carbons (Fsp3) is 0.0435. The summed E-state index contributed by atoms with van der Waals surface area (Å²) >= 11 is 5.88. The minimum absolute atomic E-state index is 0.0262. The third-order valence-corrected chi connectivity index (χ3v) is 6.69. The standard InChI is InChI=1S/C23H16ClNO6S/c1-30-18-10-8-17(9-11-18)25(32(28,29)19-12-6-16(24)7-13-19)22(26)20-14-15-4-2-3-5-21(15)31-23(20)27/h2-14H,1H3. The Kier molecular flexibility index (Phi) is 5.73. The Bertz CT molecular complexity index is 1460. The zero-order valence-electron chi connectivity index (χ0n) is 16.7. The number of benzene rings is 3. The highest BCUT2D eigenvalue weighted by Crippen LogP contribution is 2.28. The van der Waals surface area contributed by atoms with Crippen LogP contribution in [0.4, 0.5) is 5.69 Å². The van der Waals surface area contributed by atoms with Crippen LogP contribution in [0.2, 0.25) is 5.02 Å². The zero-order valence-corrected chi connectivity index (χ0v) is 18.3. The summed E-state index contributed by atoms with van der Waals surface area (Å²) in [5, 5.41) is 0.815. The van der Waals surface area contributed by atoms with E-state index in [2.05, 4.69) is 0 Å². The van der Waals surface area contributed by atoms with E-state index in [-0.39, 0.29) is 16.2 Å². The van der Waals surface area contributed by atoms with Crippen molar-refractivity contribution >= 4 is 44.2 Å². The van der Waals surface area contributed by atoms with E-state index < -0.39 is 27.1 Å². The summed E-state index contributed by atoms with van der Waals surface area (Å²) in [5.74, 6) is -0.583. The molecule has 0 fully saturated rings. The third-order valence-electron chi connectivity index (χ3n) is 4.72. The van der Waals surface area contributed by atoms with E-state index in [1.165, 1.54) is 61.7 Å². The van der Waals surface area contributed by atoms with Gasteiger partial charge in [0, 0.05) is 10.4 Å². The number of halogens is 1. The Labute approximate surface area is 188 Å². The van der Waals surface area contributed by atoms with E-state index in [9.17, 15) is 18.0 Å². The monoisotopic (exact) mass is 469 g/mol. The summed E-state index contributed by atoms with van der Waals surface area (Å²) in [4.78, 5) is 25.9. The second-order valence-electron chi connectivity index (χ2n) is 6.71. The molecule has 0 radical (unpaired) electrons. The van der Waals surface area contributed by atoms with E-state index in [0.717, 1.165) is 0 Å². The van der Waals surface area contributed by atoms with Crippen molar-refractivity contribution in [3.8, 4) is 5.75 Å². The molecule has 0 aliphatic rings. The first-order chi connectivity index (χ1) is 15.3. The molecular formula is C23H16ClNO6S. The second-order valence-corrected chi connectivity index (χ2v) is 8.94. The molecule has 7 nitrogen and oxygen atoms in total. The molecule has 0 aliphatic carbocycles. The van der Waals surface area contributed by atoms with Gasteiger partial charge in [0.1, 0.15) is 16.9 Å². The van der Waals surface area contributed by atoms with Gasteiger partial charge in [-0.3, -0.25) is 4.79 Å². The normalized spacial score (nSPS) is 11.3. The smallest absolute Gasteiger partial charge is 0.349 e. The van der Waals surface area contributed by atoms with Gasteiger partial charge < -0.3 is 9.15 Å². The van der Waals surface area contributed by atoms with Crippen molar-refractivity contribution < 1.29 is 22.4 Å². The van der Waals surface area contributed by atoms with Crippen LogP contribution in [-0.2, 0) is 10.0 Å². The van der Waals surface area contributed by atoms with Gasteiger partial charge >= 0.3 is 5.63 Å². The zero-order chi connectivity index (χ0) is 22.9. The van der Waals surface area contributed by atoms with Gasteiger partial charge in [0.15, 0.2) is 0 Å². The summed E-state index contributed by atoms with van der Waals surface area (Å²) < 4.78 is 37.9. The van der Waals surface area contributed by atoms with E-state index in [0.29, 0.717) is 20.5 Å². The first kappa shape index (κ1) is 21.6. The Morgan fingerprint density at radius 1 is 0.969 bits per heavy atom. The molecule has 0 unspecified atom stereocenters. The Morgan fingerprint density at radius 2 is 1.62 bits per heavy atom. The van der Waals surface area contributed by atoms with Crippen molar-refractivity contribution in [1.29, 1.82) is 0 Å². The topological polar surface area (TPSA) is 93.9 Å². The van der Waals surface area contributed by atoms with Gasteiger partial charge in [-0.2, -0.15) is 4.31 Å². The number of hydrogen-bond acceptors (Lipinski definition) is 6. The summed E-state index contributed by atoms with van der Waals surface area (Å²) in [6.07, 6.45) is 0. The predicted molar refractivity (Wildman–Crippen MR) is 121 cm³/mol. The summed E-state index contributed by atoms with van der Waals surface area (Å²) in [6, 6.07) is 19.1. The van der Waals surface area contributed by atoms with Gasteiger partial charge in [-0.15, -0.1) is 0 Å². The minimum Gasteiger partial charge on any atom is -0.497 e. The SMILES string of the molecule is COc1ccc(N(C(=O)c2cc3ccccc3oc2=O)S(=O)(=O)c2ccc(Cl)cc2)cc1. The first-order valence-electron chi connectivity index (χ1n) is 9.33. The van der Waals surface area contributed by atoms with Crippen LogP contribution in [0.5, 0.6) is 5.75 Å². The number of anilines is 1. The van der Waals surface area contributed by atoms with E-state index >= 15 is 0 Å². The number of nitrogens with zero attached hydrogens (tertiary/aromatic N) is 1. The Morgan fingerprint density at radius 3 is 2.28 bits per heavy atom. The molecule has 0 aliphatic heterocycles. The highest BCUT2D eigenvalue weighted by Gasteiger charge is 2.34. The van der Waals surface area contributed by atoms with Crippen molar-refractivity contribution in [2.24, 2.45) is 0 Å². The lowest BCUT2D eigenvalue weighted by molar-refractivity contribution is 0.100. The lowest BCUT2D eigenvalue weighted by Gasteiger charge is -2.22. The molecule has 1 amide bonds. The van der Waals surface area contributed by atoms with Crippen LogP contribution in [0.1, 0.15) is 10.4 Å². The highest BCUT2D eigenvalue weighted by molar-refractivity contribution is 7.93. The van der Waals surface area contributed by atoms with Crippen LogP contribution in [0.25, 0.3) is 11.0 Å². The average molecular weight is 470 g/mol. The number of sulfonamides is 1. The van der Waals surface area contributed by atoms with Gasteiger partial charge in [0.25, 0.3) is 15.9 Å². The maximum atomic E-state index is 13.5. The van der Waals surface area contributed by atoms with Gasteiger partial charge in [-0.25, -0.2) is 13.2 Å². The number of para-hydroxylation sites is 1. The first-order valence-corrected chi connectivity index (χ1v) is 11.2. The predicted octanol–water partition coefficient (Wildman–Crippen LogP) is 4.49. The van der Waals surface area contributed by atoms with Crippen LogP contribution < -0.4 is 14.7 Å². The van der Waals surface area contributed by atoms with E-state index in [1.807, 2.05) is 0 Å². The molecule has 162 valence electrons. The Balaban J connectivity index is 1.91. The molecule has 1 aromatic heterocycles. The number of amides is 1. The molecule has 9 heteroatoms. The largest absolute Gasteiger partial charge is 0.497 e. The van der Waals surface area contributed by atoms with E-state index in [1.54, 1.807) is 24.3 Å². The fourth-order valence-electron chi connectivity index (χ4n) is 3.12. The number of rotatable bonds is 5. The van der Waals surface area contributed by atoms with Crippen molar-refractivity contribution in [2.75, 3.05) is 11.4 Å². The van der Waals surface area contributed by atoms with Gasteiger partial charge in [0.2, 0.25) is 0 Å². The maximum absolute atomic E-state index is 13.5. The molecular weight excluding hydrogens is 454 g/mol. The van der Waals surface area contributed by atoms with E-state index in [4.69, 9.17) is 20.8 Å². The molecule has 0 N–H and O–H groups in total. The van der Waals surface area contributed by atoms with Crippen molar-refractivity contribution in [3.63, 3.8) is 0 Å². The molecule has 32 heavy (non-hydrogen) atoms. The highest BCUT2D eigenvalue weighted by atomic mass is 35.5. The summed E-state index contributed by atoms with van der Waals surface area (Å²) in [7, 11) is -2.94. The van der Waals surface area contributed by atoms with Crippen LogP contribution >= 0.6 is 11.6 Å². The molecule has 4 rings (SSSR count). The number of carbonyl (C=O) groups is 1. The molecule has 4 aromatic rings. The minimum atomic E-state index is -4.40. The lowest BCUT2D eigenvalue weighted by Crippen LogP contribution is -2.39.